The first-order valence-corrected chi connectivity index (χ1v) is 10.6. The highest BCUT2D eigenvalue weighted by atomic mass is 16.2. The van der Waals surface area contributed by atoms with Crippen molar-refractivity contribution in [2.75, 3.05) is 5.43 Å². The largest absolute Gasteiger partial charge is 0.294 e. The van der Waals surface area contributed by atoms with Crippen LogP contribution in [0.25, 0.3) is 10.8 Å². The molecular formula is C25H23N3O2. The van der Waals surface area contributed by atoms with Crippen LogP contribution < -0.4 is 11.0 Å². The molecule has 2 bridgehead atoms. The van der Waals surface area contributed by atoms with E-state index in [4.69, 9.17) is 0 Å². The van der Waals surface area contributed by atoms with Crippen LogP contribution in [0.15, 0.2) is 59.4 Å². The van der Waals surface area contributed by atoms with Gasteiger partial charge in [-0.1, -0.05) is 48.7 Å². The molecule has 2 saturated carbocycles. The zero-order valence-corrected chi connectivity index (χ0v) is 16.7. The first-order valence-electron chi connectivity index (χ1n) is 10.6. The van der Waals surface area contributed by atoms with Crippen molar-refractivity contribution in [1.82, 2.24) is 9.89 Å². The lowest BCUT2D eigenvalue weighted by molar-refractivity contribution is -0.118. The highest BCUT2D eigenvalue weighted by molar-refractivity contribution is 5.87. The van der Waals surface area contributed by atoms with E-state index in [1.807, 2.05) is 42.5 Å². The third-order valence-electron chi connectivity index (χ3n) is 6.47. The van der Waals surface area contributed by atoms with Crippen LogP contribution >= 0.6 is 0 Å². The summed E-state index contributed by atoms with van der Waals surface area (Å²) < 4.78 is 0. The molecule has 2 aliphatic carbocycles. The van der Waals surface area contributed by atoms with E-state index in [2.05, 4.69) is 22.4 Å². The minimum atomic E-state index is -0.336. The lowest BCUT2D eigenvalue weighted by atomic mass is 9.86. The summed E-state index contributed by atoms with van der Waals surface area (Å²) in [6.07, 6.45) is 5.37. The fraction of sp³-hybridized carbons (Fsp3) is 0.320. The van der Waals surface area contributed by atoms with Crippen LogP contribution in [-0.2, 0) is 4.79 Å². The standard InChI is InChI=1S/C25H23N3O2/c29-24(16-20-15-18-10-12-19(20)14-18)27-28-25(30)22-9-5-4-8-21(22)23(26-28)13-11-17-6-2-1-3-7-17/h1-9,18-20H,10,12,14-16H2,(H,27,29). The Morgan fingerprint density at radius 1 is 1.00 bits per heavy atom. The molecule has 1 amide bonds. The third kappa shape index (κ3) is 3.61. The number of amides is 1. The molecular weight excluding hydrogens is 374 g/mol. The number of carbonyl (C=O) groups is 1. The Labute approximate surface area is 175 Å². The van der Waals surface area contributed by atoms with Gasteiger partial charge >= 0.3 is 0 Å². The van der Waals surface area contributed by atoms with Gasteiger partial charge in [0.15, 0.2) is 0 Å². The molecule has 1 N–H and O–H groups in total. The zero-order valence-electron chi connectivity index (χ0n) is 16.7. The van der Waals surface area contributed by atoms with Gasteiger partial charge in [0.1, 0.15) is 5.69 Å². The number of aromatic nitrogens is 2. The van der Waals surface area contributed by atoms with Crippen LogP contribution in [0.5, 0.6) is 0 Å². The average Bonchev–Trinajstić information content (AvgIpc) is 3.39. The Hall–Kier alpha value is -3.39. The molecule has 1 aromatic heterocycles. The lowest BCUT2D eigenvalue weighted by Gasteiger charge is -2.21. The molecule has 2 aliphatic rings. The van der Waals surface area contributed by atoms with Gasteiger partial charge in [0, 0.05) is 17.4 Å². The monoisotopic (exact) mass is 397 g/mol. The molecule has 2 aromatic carbocycles. The summed E-state index contributed by atoms with van der Waals surface area (Å²) in [6, 6.07) is 16.9. The van der Waals surface area contributed by atoms with Gasteiger partial charge in [0.05, 0.1) is 5.39 Å². The summed E-state index contributed by atoms with van der Waals surface area (Å²) in [7, 11) is 0. The lowest BCUT2D eigenvalue weighted by Crippen LogP contribution is -2.36. The number of benzene rings is 2. The Balaban J connectivity index is 1.45. The van der Waals surface area contributed by atoms with Crippen LogP contribution in [0.2, 0.25) is 0 Å². The van der Waals surface area contributed by atoms with Crippen molar-refractivity contribution < 1.29 is 4.79 Å². The Morgan fingerprint density at radius 2 is 1.77 bits per heavy atom. The van der Waals surface area contributed by atoms with E-state index in [0.29, 0.717) is 34.7 Å². The van der Waals surface area contributed by atoms with E-state index in [1.165, 1.54) is 19.3 Å². The van der Waals surface area contributed by atoms with E-state index >= 15 is 0 Å². The number of rotatable bonds is 3. The number of nitrogens with one attached hydrogen (secondary N) is 1. The summed E-state index contributed by atoms with van der Waals surface area (Å²) in [4.78, 5) is 26.6. The third-order valence-corrected chi connectivity index (χ3v) is 6.47. The van der Waals surface area contributed by atoms with Crippen molar-refractivity contribution in [3.63, 3.8) is 0 Å². The van der Waals surface area contributed by atoms with Crippen molar-refractivity contribution in [3.05, 3.63) is 76.2 Å². The molecule has 0 radical (unpaired) electrons. The second kappa shape index (κ2) is 7.79. The molecule has 0 aliphatic heterocycles. The van der Waals surface area contributed by atoms with Crippen molar-refractivity contribution in [2.45, 2.75) is 32.1 Å². The fourth-order valence-electron chi connectivity index (χ4n) is 5.04. The maximum Gasteiger partial charge on any atom is 0.294 e. The second-order valence-electron chi connectivity index (χ2n) is 8.40. The average molecular weight is 397 g/mol. The van der Waals surface area contributed by atoms with Gasteiger partial charge in [0.25, 0.3) is 5.56 Å². The quantitative estimate of drug-likeness (QED) is 0.686. The number of fused-ring (bicyclic) bond motifs is 3. The molecule has 1 heterocycles. The van der Waals surface area contributed by atoms with Gasteiger partial charge in [-0.2, -0.15) is 0 Å². The van der Waals surface area contributed by atoms with E-state index < -0.39 is 0 Å². The molecule has 0 spiro atoms. The predicted molar refractivity (Wildman–Crippen MR) is 116 cm³/mol. The highest BCUT2D eigenvalue weighted by Gasteiger charge is 2.40. The van der Waals surface area contributed by atoms with Gasteiger partial charge in [-0.25, -0.2) is 5.43 Å². The molecule has 3 unspecified atom stereocenters. The van der Waals surface area contributed by atoms with Crippen molar-refractivity contribution in [2.24, 2.45) is 17.8 Å². The molecule has 30 heavy (non-hydrogen) atoms. The van der Waals surface area contributed by atoms with Gasteiger partial charge in [-0.15, -0.1) is 9.89 Å². The Morgan fingerprint density at radius 3 is 2.50 bits per heavy atom. The predicted octanol–water partition coefficient (Wildman–Crippen LogP) is 3.69. The number of hydrogen-bond acceptors (Lipinski definition) is 3. The maximum absolute atomic E-state index is 12.9. The minimum Gasteiger partial charge on any atom is -0.273 e. The second-order valence-corrected chi connectivity index (χ2v) is 8.40. The molecule has 5 nitrogen and oxygen atoms in total. The van der Waals surface area contributed by atoms with Crippen molar-refractivity contribution in [3.8, 4) is 11.8 Å². The Kier molecular flexibility index (Phi) is 4.84. The minimum absolute atomic E-state index is 0.153. The molecule has 5 heteroatoms. The number of nitrogens with zero attached hydrogens (tertiary/aromatic N) is 2. The van der Waals surface area contributed by atoms with Crippen molar-refractivity contribution >= 4 is 16.7 Å². The topological polar surface area (TPSA) is 64.0 Å². The summed E-state index contributed by atoms with van der Waals surface area (Å²) in [5.74, 6) is 7.88. The van der Waals surface area contributed by atoms with Gasteiger partial charge in [0.2, 0.25) is 5.91 Å². The summed E-state index contributed by atoms with van der Waals surface area (Å²) in [6.45, 7) is 0. The van der Waals surface area contributed by atoms with Gasteiger partial charge < -0.3 is 0 Å². The molecule has 5 rings (SSSR count). The van der Waals surface area contributed by atoms with E-state index in [-0.39, 0.29) is 11.5 Å². The first-order chi connectivity index (χ1) is 14.7. The van der Waals surface area contributed by atoms with Gasteiger partial charge in [-0.3, -0.25) is 9.59 Å². The highest BCUT2D eigenvalue weighted by Crippen LogP contribution is 2.49. The van der Waals surface area contributed by atoms with E-state index in [1.54, 1.807) is 12.1 Å². The molecule has 3 aromatic rings. The SMILES string of the molecule is O=C(CC1CC2CCC1C2)Nn1nc(C#Cc2ccccc2)c2ccccc2c1=O. The van der Waals surface area contributed by atoms with Gasteiger partial charge in [-0.05, 0) is 61.1 Å². The molecule has 150 valence electrons. The molecule has 2 fully saturated rings. The number of hydrogen-bond donors (Lipinski definition) is 1. The van der Waals surface area contributed by atoms with Crippen LogP contribution in [0.1, 0.15) is 43.4 Å². The Bertz CT molecular complexity index is 1220. The summed E-state index contributed by atoms with van der Waals surface area (Å²) >= 11 is 0. The van der Waals surface area contributed by atoms with Crippen LogP contribution in [0.3, 0.4) is 0 Å². The number of carbonyl (C=O) groups excluding carboxylic acids is 1. The first kappa shape index (κ1) is 18.6. The zero-order chi connectivity index (χ0) is 20.5. The maximum atomic E-state index is 12.9. The van der Waals surface area contributed by atoms with Crippen LogP contribution in [-0.4, -0.2) is 15.8 Å². The van der Waals surface area contributed by atoms with Crippen LogP contribution in [0.4, 0.5) is 0 Å². The van der Waals surface area contributed by atoms with E-state index in [0.717, 1.165) is 22.7 Å². The van der Waals surface area contributed by atoms with Crippen molar-refractivity contribution in [1.29, 1.82) is 0 Å². The molecule has 0 saturated heterocycles. The summed E-state index contributed by atoms with van der Waals surface area (Å²) in [5.41, 5.74) is 3.71. The van der Waals surface area contributed by atoms with E-state index in [9.17, 15) is 9.59 Å². The normalized spacial score (nSPS) is 21.9. The smallest absolute Gasteiger partial charge is 0.273 e. The molecule has 3 atom stereocenters. The van der Waals surface area contributed by atoms with Crippen LogP contribution in [0, 0.1) is 29.6 Å². The fourth-order valence-corrected chi connectivity index (χ4v) is 5.04. The summed E-state index contributed by atoms with van der Waals surface area (Å²) in [5, 5.41) is 5.55.